The van der Waals surface area contributed by atoms with E-state index < -0.39 is 13.3 Å². The van der Waals surface area contributed by atoms with Crippen LogP contribution in [0.15, 0.2) is 48.5 Å². The van der Waals surface area contributed by atoms with Crippen LogP contribution in [0.1, 0.15) is 9.75 Å². The van der Waals surface area contributed by atoms with Gasteiger partial charge in [0.2, 0.25) is 0 Å². The van der Waals surface area contributed by atoms with Crippen LogP contribution in [-0.4, -0.2) is 13.3 Å². The van der Waals surface area contributed by atoms with Crippen LogP contribution < -0.4 is 8.79 Å². The van der Waals surface area contributed by atoms with Gasteiger partial charge >= 0.3 is 147 Å². The molecule has 0 nitrogen and oxygen atoms in total. The zero-order chi connectivity index (χ0) is 15.6. The Labute approximate surface area is 146 Å². The molecule has 23 heavy (non-hydrogen) atoms. The first-order valence-corrected chi connectivity index (χ1v) is 15.8. The molecule has 0 bridgehead atoms. The number of hydrogen-bond acceptors (Lipinski definition) is 2. The fourth-order valence-corrected chi connectivity index (χ4v) is 16.8. The van der Waals surface area contributed by atoms with E-state index in [9.17, 15) is 0 Å². The van der Waals surface area contributed by atoms with Crippen molar-refractivity contribution in [1.29, 1.82) is 0 Å². The van der Waals surface area contributed by atoms with E-state index in [4.69, 9.17) is 0 Å². The van der Waals surface area contributed by atoms with Gasteiger partial charge in [-0.25, -0.2) is 0 Å². The van der Waals surface area contributed by atoms with Gasteiger partial charge in [0, 0.05) is 0 Å². The molecule has 3 heterocycles. The van der Waals surface area contributed by atoms with Gasteiger partial charge in [-0.05, 0) is 0 Å². The molecule has 0 spiro atoms. The van der Waals surface area contributed by atoms with Gasteiger partial charge in [0.1, 0.15) is 0 Å². The van der Waals surface area contributed by atoms with Gasteiger partial charge in [-0.15, -0.1) is 0 Å². The third-order valence-electron chi connectivity index (χ3n) is 4.88. The average Bonchev–Trinajstić information content (AvgIpc) is 3.08. The number of benzene rings is 2. The minimum absolute atomic E-state index is 1.43. The van der Waals surface area contributed by atoms with Crippen molar-refractivity contribution in [3.63, 3.8) is 0 Å². The molecule has 112 valence electrons. The third kappa shape index (κ3) is 1.89. The van der Waals surface area contributed by atoms with Crippen LogP contribution in [0, 0.1) is 0 Å². The van der Waals surface area contributed by atoms with Crippen molar-refractivity contribution in [3.05, 3.63) is 58.3 Å². The molecule has 0 saturated carbocycles. The molecule has 3 heteroatoms. The Balaban J connectivity index is 1.94. The maximum absolute atomic E-state index is 2.57. The molecule has 0 saturated heterocycles. The molecule has 2 aromatic carbocycles. The van der Waals surface area contributed by atoms with E-state index in [1.165, 1.54) is 29.9 Å². The molecule has 0 fully saturated rings. The first-order chi connectivity index (χ1) is 11.2. The van der Waals surface area contributed by atoms with Crippen LogP contribution in [0.5, 0.6) is 0 Å². The first kappa shape index (κ1) is 14.0. The molecule has 0 unspecified atom stereocenters. The van der Waals surface area contributed by atoms with Gasteiger partial charge in [0.05, 0.1) is 0 Å². The second kappa shape index (κ2) is 4.82. The predicted molar refractivity (Wildman–Crippen MR) is 109 cm³/mol. The Morgan fingerprint density at radius 3 is 1.57 bits per heavy atom. The molecule has 1 aliphatic heterocycles. The predicted octanol–water partition coefficient (Wildman–Crippen LogP) is 5.42. The van der Waals surface area contributed by atoms with Crippen LogP contribution in [0.3, 0.4) is 0 Å². The summed E-state index contributed by atoms with van der Waals surface area (Å²) in [6.07, 6.45) is 4.74. The normalized spacial score (nSPS) is 15.6. The Morgan fingerprint density at radius 2 is 1.09 bits per heavy atom. The zero-order valence-corrected chi connectivity index (χ0v) is 16.8. The second-order valence-electron chi connectivity index (χ2n) is 6.63. The fourth-order valence-electron chi connectivity index (χ4n) is 3.93. The van der Waals surface area contributed by atoms with Crippen molar-refractivity contribution in [2.45, 2.75) is 11.5 Å². The van der Waals surface area contributed by atoms with Crippen molar-refractivity contribution in [2.24, 2.45) is 0 Å². The molecular formula is C20H16GeS2. The van der Waals surface area contributed by atoms with Crippen LogP contribution in [-0.2, 0) is 0 Å². The van der Waals surface area contributed by atoms with Gasteiger partial charge in [-0.3, -0.25) is 0 Å². The van der Waals surface area contributed by atoms with Crippen LogP contribution in [0.25, 0.3) is 32.3 Å². The van der Waals surface area contributed by atoms with E-state index in [1.54, 1.807) is 8.79 Å². The van der Waals surface area contributed by atoms with Crippen molar-refractivity contribution < 1.29 is 0 Å². The summed E-state index contributed by atoms with van der Waals surface area (Å²) in [6, 6.07) is 17.9. The summed E-state index contributed by atoms with van der Waals surface area (Å²) in [7, 11) is 0. The Bertz CT molecular complexity index is 1010. The minimum atomic E-state index is -2.36. The molecule has 0 N–H and O–H groups in total. The topological polar surface area (TPSA) is 0 Å². The molecule has 0 aliphatic carbocycles. The van der Waals surface area contributed by atoms with Crippen LogP contribution in [0.4, 0.5) is 0 Å². The summed E-state index contributed by atoms with van der Waals surface area (Å²) in [6.45, 7) is 0. The van der Waals surface area contributed by atoms with Crippen molar-refractivity contribution >= 4 is 77.1 Å². The average molecular weight is 393 g/mol. The summed E-state index contributed by atoms with van der Waals surface area (Å²) in [4.78, 5) is 2.98. The van der Waals surface area contributed by atoms with E-state index >= 15 is 0 Å². The van der Waals surface area contributed by atoms with Gasteiger partial charge in [0.15, 0.2) is 0 Å². The number of fused-ring (bicyclic) bond motifs is 6. The SMILES string of the molecule is [CH3][Ge]1([CH3])[c]2c(sc3ccccc23)C=Cc2sc3ccccc3[c]21. The van der Waals surface area contributed by atoms with E-state index in [2.05, 4.69) is 72.2 Å². The summed E-state index contributed by atoms with van der Waals surface area (Å²) in [5.74, 6) is 5.14. The van der Waals surface area contributed by atoms with E-state index in [0.717, 1.165) is 0 Å². The third-order valence-corrected chi connectivity index (χ3v) is 15.4. The number of hydrogen-bond donors (Lipinski definition) is 0. The van der Waals surface area contributed by atoms with Gasteiger partial charge in [0.25, 0.3) is 0 Å². The van der Waals surface area contributed by atoms with Gasteiger partial charge < -0.3 is 0 Å². The van der Waals surface area contributed by atoms with Crippen molar-refractivity contribution in [1.82, 2.24) is 0 Å². The quantitative estimate of drug-likeness (QED) is 0.350. The molecule has 0 radical (unpaired) electrons. The maximum atomic E-state index is 2.57. The summed E-state index contributed by atoms with van der Waals surface area (Å²) in [5.41, 5.74) is 0. The number of thiophene rings is 2. The molecule has 0 amide bonds. The summed E-state index contributed by atoms with van der Waals surface area (Å²) >= 11 is 1.56. The fraction of sp³-hybridized carbons (Fsp3) is 0.100. The number of rotatable bonds is 0. The summed E-state index contributed by atoms with van der Waals surface area (Å²) < 4.78 is 6.21. The van der Waals surface area contributed by atoms with E-state index in [-0.39, 0.29) is 0 Å². The summed E-state index contributed by atoms with van der Waals surface area (Å²) in [5, 5.41) is 2.98. The first-order valence-electron chi connectivity index (χ1n) is 7.88. The second-order valence-corrected chi connectivity index (χ2v) is 17.7. The molecular weight excluding hydrogens is 377 g/mol. The zero-order valence-electron chi connectivity index (χ0n) is 13.1. The molecule has 2 aromatic heterocycles. The molecule has 5 rings (SSSR count). The van der Waals surface area contributed by atoms with Gasteiger partial charge in [-0.2, -0.15) is 0 Å². The van der Waals surface area contributed by atoms with E-state index in [0.29, 0.717) is 0 Å². The van der Waals surface area contributed by atoms with Crippen molar-refractivity contribution in [2.75, 3.05) is 0 Å². The standard InChI is InChI=1S/C20H16GeS2/c1-21(2)19-13-7-3-5-9-15(13)22-17(19)11-12-18-20(21)14-8-4-6-10-16(14)23-18/h3-12H,1-2H3. The van der Waals surface area contributed by atoms with E-state index in [1.807, 2.05) is 22.7 Å². The van der Waals surface area contributed by atoms with Crippen LogP contribution >= 0.6 is 22.7 Å². The Morgan fingerprint density at radius 1 is 0.652 bits per heavy atom. The molecule has 0 atom stereocenters. The monoisotopic (exact) mass is 394 g/mol. The Hall–Kier alpha value is -1.36. The molecule has 1 aliphatic rings. The van der Waals surface area contributed by atoms with Crippen molar-refractivity contribution in [3.8, 4) is 0 Å². The molecule has 4 aromatic rings. The Kier molecular flexibility index (Phi) is 2.94. The van der Waals surface area contributed by atoms with Gasteiger partial charge in [-0.1, -0.05) is 0 Å². The van der Waals surface area contributed by atoms with Crippen LogP contribution in [0.2, 0.25) is 11.5 Å².